The normalized spacial score (nSPS) is 11.1. The molecule has 2 aromatic heterocycles. The average molecular weight is 437 g/mol. The number of methoxy groups -OCH3 is 1. The molecule has 0 bridgehead atoms. The first-order valence-electron chi connectivity index (χ1n) is 11.1. The third-order valence-corrected chi connectivity index (χ3v) is 5.69. The van der Waals surface area contributed by atoms with E-state index in [1.807, 2.05) is 49.1 Å². The van der Waals surface area contributed by atoms with Crippen LogP contribution < -0.4 is 4.74 Å². The van der Waals surface area contributed by atoms with Gasteiger partial charge in [0.2, 0.25) is 0 Å². The Balaban J connectivity index is 1.84. The van der Waals surface area contributed by atoms with Gasteiger partial charge in [0.05, 0.1) is 30.3 Å². The Labute approximate surface area is 189 Å². The van der Waals surface area contributed by atoms with Gasteiger partial charge in [-0.25, -0.2) is 14.6 Å². The Kier molecular flexibility index (Phi) is 7.94. The van der Waals surface area contributed by atoms with Crippen molar-refractivity contribution in [3.63, 3.8) is 0 Å². The van der Waals surface area contributed by atoms with Crippen LogP contribution >= 0.6 is 0 Å². The standard InChI is InChI=1S/C24H32N6O2/c1-6-28(7-2)14-15-29(8-3)23(31)21-17-26-30(18(21)4)24-25-13-12-22(27-24)19-10-9-11-20(16-19)32-5/h9-13,16-17H,6-8,14-15H2,1-5H3. The van der Waals surface area contributed by atoms with Crippen LogP contribution in [0.15, 0.2) is 42.7 Å². The number of benzene rings is 1. The number of rotatable bonds is 10. The predicted molar refractivity (Wildman–Crippen MR) is 125 cm³/mol. The van der Waals surface area contributed by atoms with E-state index in [1.165, 1.54) is 0 Å². The van der Waals surface area contributed by atoms with Crippen molar-refractivity contribution in [2.45, 2.75) is 27.7 Å². The van der Waals surface area contributed by atoms with Gasteiger partial charge in [-0.15, -0.1) is 0 Å². The van der Waals surface area contributed by atoms with E-state index < -0.39 is 0 Å². The first-order valence-corrected chi connectivity index (χ1v) is 11.1. The fourth-order valence-electron chi connectivity index (χ4n) is 3.59. The number of ether oxygens (including phenoxy) is 1. The number of amides is 1. The van der Waals surface area contributed by atoms with Crippen molar-refractivity contribution >= 4 is 5.91 Å². The van der Waals surface area contributed by atoms with E-state index >= 15 is 0 Å². The van der Waals surface area contributed by atoms with E-state index in [-0.39, 0.29) is 5.91 Å². The molecule has 0 N–H and O–H groups in total. The molecular weight excluding hydrogens is 404 g/mol. The maximum Gasteiger partial charge on any atom is 0.257 e. The topological polar surface area (TPSA) is 76.4 Å². The molecule has 0 radical (unpaired) electrons. The third kappa shape index (κ3) is 5.13. The monoisotopic (exact) mass is 436 g/mol. The van der Waals surface area contributed by atoms with Crippen LogP contribution in [-0.2, 0) is 0 Å². The molecule has 0 aliphatic carbocycles. The van der Waals surface area contributed by atoms with E-state index in [2.05, 4.69) is 33.8 Å². The van der Waals surface area contributed by atoms with Gasteiger partial charge in [0.1, 0.15) is 5.75 Å². The van der Waals surface area contributed by atoms with Gasteiger partial charge < -0.3 is 14.5 Å². The molecule has 0 aliphatic heterocycles. The van der Waals surface area contributed by atoms with Gasteiger partial charge in [0.25, 0.3) is 11.9 Å². The van der Waals surface area contributed by atoms with Crippen LogP contribution in [0.5, 0.6) is 5.75 Å². The Bertz CT molecular complexity index is 1040. The molecule has 1 amide bonds. The molecule has 0 saturated carbocycles. The lowest BCUT2D eigenvalue weighted by molar-refractivity contribution is 0.0746. The average Bonchev–Trinajstić information content (AvgIpc) is 3.23. The number of aromatic nitrogens is 4. The molecule has 0 spiro atoms. The van der Waals surface area contributed by atoms with Crippen LogP contribution in [0.4, 0.5) is 0 Å². The van der Waals surface area contributed by atoms with Gasteiger partial charge in [-0.2, -0.15) is 5.10 Å². The van der Waals surface area contributed by atoms with Crippen LogP contribution in [-0.4, -0.2) is 75.3 Å². The van der Waals surface area contributed by atoms with Crippen LogP contribution in [0, 0.1) is 6.92 Å². The summed E-state index contributed by atoms with van der Waals surface area (Å²) >= 11 is 0. The SMILES string of the molecule is CCN(CC)CCN(CC)C(=O)c1cnn(-c2nccc(-c3cccc(OC)c3)n2)c1C. The summed E-state index contributed by atoms with van der Waals surface area (Å²) in [5.41, 5.74) is 2.97. The molecular formula is C24H32N6O2. The number of carbonyl (C=O) groups excluding carboxylic acids is 1. The fourth-order valence-corrected chi connectivity index (χ4v) is 3.59. The lowest BCUT2D eigenvalue weighted by Gasteiger charge is -2.25. The molecule has 0 atom stereocenters. The predicted octanol–water partition coefficient (Wildman–Crippen LogP) is 3.45. The number of likely N-dealkylation sites (N-methyl/N-ethyl adjacent to an activating group) is 2. The van der Waals surface area contributed by atoms with Crippen LogP contribution in [0.1, 0.15) is 36.8 Å². The second-order valence-corrected chi connectivity index (χ2v) is 7.44. The van der Waals surface area contributed by atoms with Gasteiger partial charge in [0, 0.05) is 31.4 Å². The lowest BCUT2D eigenvalue weighted by Crippen LogP contribution is -2.38. The highest BCUT2D eigenvalue weighted by atomic mass is 16.5. The molecule has 32 heavy (non-hydrogen) atoms. The van der Waals surface area contributed by atoms with Crippen molar-refractivity contribution in [1.82, 2.24) is 29.5 Å². The summed E-state index contributed by atoms with van der Waals surface area (Å²) in [6.45, 7) is 12.3. The van der Waals surface area contributed by atoms with Crippen molar-refractivity contribution < 1.29 is 9.53 Å². The number of carbonyl (C=O) groups is 1. The summed E-state index contributed by atoms with van der Waals surface area (Å²) in [5, 5.41) is 4.43. The van der Waals surface area contributed by atoms with E-state index in [1.54, 1.807) is 24.2 Å². The molecule has 170 valence electrons. The number of hydrogen-bond donors (Lipinski definition) is 0. The van der Waals surface area contributed by atoms with Crippen molar-refractivity contribution in [3.8, 4) is 23.0 Å². The minimum atomic E-state index is -0.0210. The summed E-state index contributed by atoms with van der Waals surface area (Å²) in [6, 6.07) is 9.54. The second kappa shape index (κ2) is 10.9. The molecule has 3 rings (SSSR count). The van der Waals surface area contributed by atoms with Crippen molar-refractivity contribution in [2.24, 2.45) is 0 Å². The Hall–Kier alpha value is -3.26. The van der Waals surface area contributed by atoms with Gasteiger partial charge in [-0.1, -0.05) is 26.0 Å². The number of hydrogen-bond acceptors (Lipinski definition) is 6. The zero-order chi connectivity index (χ0) is 23.1. The smallest absolute Gasteiger partial charge is 0.257 e. The molecule has 0 fully saturated rings. The molecule has 0 saturated heterocycles. The summed E-state index contributed by atoms with van der Waals surface area (Å²) in [6.07, 6.45) is 3.31. The van der Waals surface area contributed by atoms with Crippen molar-refractivity contribution in [3.05, 3.63) is 54.0 Å². The van der Waals surface area contributed by atoms with Crippen LogP contribution in [0.2, 0.25) is 0 Å². The zero-order valence-electron chi connectivity index (χ0n) is 19.6. The highest BCUT2D eigenvalue weighted by Gasteiger charge is 2.21. The van der Waals surface area contributed by atoms with E-state index in [0.717, 1.165) is 42.3 Å². The first kappa shape index (κ1) is 23.4. The Morgan fingerprint density at radius 1 is 1.09 bits per heavy atom. The first-order chi connectivity index (χ1) is 15.5. The lowest BCUT2D eigenvalue weighted by atomic mass is 10.1. The summed E-state index contributed by atoms with van der Waals surface area (Å²) in [4.78, 5) is 26.4. The maximum atomic E-state index is 13.2. The van der Waals surface area contributed by atoms with Crippen LogP contribution in [0.25, 0.3) is 17.2 Å². The molecule has 0 unspecified atom stereocenters. The minimum Gasteiger partial charge on any atom is -0.497 e. The third-order valence-electron chi connectivity index (χ3n) is 5.69. The van der Waals surface area contributed by atoms with E-state index in [9.17, 15) is 4.79 Å². The van der Waals surface area contributed by atoms with E-state index in [0.29, 0.717) is 24.6 Å². The van der Waals surface area contributed by atoms with Crippen molar-refractivity contribution in [1.29, 1.82) is 0 Å². The van der Waals surface area contributed by atoms with Crippen LogP contribution in [0.3, 0.4) is 0 Å². The molecule has 8 nitrogen and oxygen atoms in total. The largest absolute Gasteiger partial charge is 0.497 e. The minimum absolute atomic E-state index is 0.0210. The highest BCUT2D eigenvalue weighted by molar-refractivity contribution is 5.95. The molecule has 2 heterocycles. The summed E-state index contributed by atoms with van der Waals surface area (Å²) in [7, 11) is 1.64. The molecule has 0 aliphatic rings. The highest BCUT2D eigenvalue weighted by Crippen LogP contribution is 2.23. The summed E-state index contributed by atoms with van der Waals surface area (Å²) in [5.74, 6) is 1.16. The Morgan fingerprint density at radius 3 is 2.56 bits per heavy atom. The zero-order valence-corrected chi connectivity index (χ0v) is 19.6. The Morgan fingerprint density at radius 2 is 1.88 bits per heavy atom. The fraction of sp³-hybridized carbons (Fsp3) is 0.417. The van der Waals surface area contributed by atoms with Gasteiger partial charge in [-0.05, 0) is 45.1 Å². The second-order valence-electron chi connectivity index (χ2n) is 7.44. The maximum absolute atomic E-state index is 13.2. The molecule has 3 aromatic rings. The van der Waals surface area contributed by atoms with Gasteiger partial charge in [0.15, 0.2) is 0 Å². The molecule has 1 aromatic carbocycles. The van der Waals surface area contributed by atoms with E-state index in [4.69, 9.17) is 4.74 Å². The van der Waals surface area contributed by atoms with Gasteiger partial charge >= 0.3 is 0 Å². The van der Waals surface area contributed by atoms with Crippen molar-refractivity contribution in [2.75, 3.05) is 39.8 Å². The summed E-state index contributed by atoms with van der Waals surface area (Å²) < 4.78 is 6.94. The quantitative estimate of drug-likeness (QED) is 0.485. The van der Waals surface area contributed by atoms with Gasteiger partial charge in [-0.3, -0.25) is 4.79 Å². The number of nitrogens with zero attached hydrogens (tertiary/aromatic N) is 6. The molecule has 8 heteroatoms.